The fourth-order valence-electron chi connectivity index (χ4n) is 4.71. The van der Waals surface area contributed by atoms with Crippen LogP contribution in [0.25, 0.3) is 0 Å². The third kappa shape index (κ3) is 6.51. The maximum absolute atomic E-state index is 12.5. The van der Waals surface area contributed by atoms with Gasteiger partial charge >= 0.3 is 0 Å². The number of nitro groups is 1. The largest absolute Gasteiger partial charge is 0.353 e. The molecule has 0 aliphatic carbocycles. The van der Waals surface area contributed by atoms with E-state index < -0.39 is 4.92 Å². The number of amides is 1. The van der Waals surface area contributed by atoms with Gasteiger partial charge in [-0.2, -0.15) is 0 Å². The summed E-state index contributed by atoms with van der Waals surface area (Å²) < 4.78 is 0. The zero-order valence-corrected chi connectivity index (χ0v) is 19.3. The Bertz CT molecular complexity index is 1020. The molecule has 3 aromatic carbocycles. The molecule has 1 fully saturated rings. The van der Waals surface area contributed by atoms with Crippen molar-refractivity contribution in [2.45, 2.75) is 37.6 Å². The fourth-order valence-corrected chi connectivity index (χ4v) is 4.71. The summed E-state index contributed by atoms with van der Waals surface area (Å²) in [4.78, 5) is 25.3. The van der Waals surface area contributed by atoms with E-state index in [2.05, 4.69) is 70.9 Å². The van der Waals surface area contributed by atoms with Crippen molar-refractivity contribution >= 4 is 11.6 Å². The van der Waals surface area contributed by atoms with Gasteiger partial charge in [-0.1, -0.05) is 72.8 Å². The molecule has 1 heterocycles. The van der Waals surface area contributed by atoms with Gasteiger partial charge in [-0.25, -0.2) is 0 Å². The highest BCUT2D eigenvalue weighted by Gasteiger charge is 2.22. The predicted octanol–water partition coefficient (Wildman–Crippen LogP) is 4.94. The molecule has 1 aliphatic heterocycles. The average molecular weight is 458 g/mol. The van der Waals surface area contributed by atoms with Gasteiger partial charge in [0.25, 0.3) is 5.69 Å². The summed E-state index contributed by atoms with van der Waals surface area (Å²) in [6.45, 7) is 2.97. The minimum atomic E-state index is -0.431. The number of benzene rings is 3. The number of rotatable bonds is 9. The number of nitro benzene ring substituents is 1. The molecule has 4 rings (SSSR count). The van der Waals surface area contributed by atoms with Crippen molar-refractivity contribution in [1.29, 1.82) is 0 Å². The van der Waals surface area contributed by atoms with E-state index in [1.54, 1.807) is 12.1 Å². The van der Waals surface area contributed by atoms with Crippen LogP contribution in [0.5, 0.6) is 0 Å². The van der Waals surface area contributed by atoms with Crippen molar-refractivity contribution in [3.8, 4) is 0 Å². The second-order valence-corrected chi connectivity index (χ2v) is 8.95. The Morgan fingerprint density at radius 3 is 2.00 bits per heavy atom. The number of carbonyl (C=O) groups is 1. The van der Waals surface area contributed by atoms with E-state index in [0.29, 0.717) is 5.92 Å². The topological polar surface area (TPSA) is 75.5 Å². The van der Waals surface area contributed by atoms with Gasteiger partial charge in [0, 0.05) is 37.2 Å². The Morgan fingerprint density at radius 1 is 0.912 bits per heavy atom. The molecule has 0 spiro atoms. The molecular formula is C28H31N3O3. The van der Waals surface area contributed by atoms with Crippen LogP contribution in [0.1, 0.15) is 41.9 Å². The second-order valence-electron chi connectivity index (χ2n) is 8.95. The van der Waals surface area contributed by atoms with E-state index in [4.69, 9.17) is 0 Å². The SMILES string of the molecule is O=C(Cc1ccc([N+](=O)[O-])cc1)NC1CCN(CCC(c2ccccc2)c2ccccc2)CC1. The van der Waals surface area contributed by atoms with Gasteiger partial charge in [0.2, 0.25) is 5.91 Å². The summed E-state index contributed by atoms with van der Waals surface area (Å²) in [7, 11) is 0. The van der Waals surface area contributed by atoms with E-state index in [1.807, 2.05) is 0 Å². The molecule has 0 unspecified atom stereocenters. The molecular weight excluding hydrogens is 426 g/mol. The van der Waals surface area contributed by atoms with E-state index in [0.717, 1.165) is 44.5 Å². The van der Waals surface area contributed by atoms with Crippen LogP contribution in [0.3, 0.4) is 0 Å². The molecule has 0 saturated carbocycles. The first-order chi connectivity index (χ1) is 16.6. The molecule has 1 saturated heterocycles. The van der Waals surface area contributed by atoms with Crippen molar-refractivity contribution in [3.05, 3.63) is 112 Å². The number of likely N-dealkylation sites (tertiary alicyclic amines) is 1. The molecule has 0 radical (unpaired) electrons. The van der Waals surface area contributed by atoms with Crippen molar-refractivity contribution in [2.75, 3.05) is 19.6 Å². The maximum Gasteiger partial charge on any atom is 0.269 e. The highest BCUT2D eigenvalue weighted by Crippen LogP contribution is 2.28. The van der Waals surface area contributed by atoms with Crippen molar-refractivity contribution in [3.63, 3.8) is 0 Å². The molecule has 1 amide bonds. The van der Waals surface area contributed by atoms with Gasteiger partial charge in [0.15, 0.2) is 0 Å². The molecule has 1 aliphatic rings. The fraction of sp³-hybridized carbons (Fsp3) is 0.321. The lowest BCUT2D eigenvalue weighted by atomic mass is 9.88. The Morgan fingerprint density at radius 2 is 1.47 bits per heavy atom. The van der Waals surface area contributed by atoms with Crippen LogP contribution in [0, 0.1) is 10.1 Å². The zero-order valence-electron chi connectivity index (χ0n) is 19.3. The first kappa shape index (κ1) is 23.6. The van der Waals surface area contributed by atoms with Gasteiger partial charge < -0.3 is 10.2 Å². The summed E-state index contributed by atoms with van der Waals surface area (Å²) in [5.74, 6) is 0.349. The number of hydrogen-bond acceptors (Lipinski definition) is 4. The Kier molecular flexibility index (Phi) is 8.04. The lowest BCUT2D eigenvalue weighted by molar-refractivity contribution is -0.384. The third-order valence-electron chi connectivity index (χ3n) is 6.60. The van der Waals surface area contributed by atoms with Crippen molar-refractivity contribution in [2.24, 2.45) is 0 Å². The smallest absolute Gasteiger partial charge is 0.269 e. The second kappa shape index (κ2) is 11.6. The number of nitrogens with one attached hydrogen (secondary N) is 1. The molecule has 0 aromatic heterocycles. The van der Waals surface area contributed by atoms with E-state index in [9.17, 15) is 14.9 Å². The summed E-state index contributed by atoms with van der Waals surface area (Å²) >= 11 is 0. The number of non-ortho nitro benzene ring substituents is 1. The number of carbonyl (C=O) groups excluding carboxylic acids is 1. The van der Waals surface area contributed by atoms with Crippen LogP contribution in [0.15, 0.2) is 84.9 Å². The summed E-state index contributed by atoms with van der Waals surface area (Å²) in [6, 6.07) is 27.8. The van der Waals surface area contributed by atoms with Crippen LogP contribution in [-0.2, 0) is 11.2 Å². The van der Waals surface area contributed by atoms with Crippen LogP contribution < -0.4 is 5.32 Å². The first-order valence-corrected chi connectivity index (χ1v) is 11.9. The molecule has 0 atom stereocenters. The van der Waals surface area contributed by atoms with Gasteiger partial charge in [-0.3, -0.25) is 14.9 Å². The highest BCUT2D eigenvalue weighted by molar-refractivity contribution is 5.78. The first-order valence-electron chi connectivity index (χ1n) is 11.9. The van der Waals surface area contributed by atoms with Gasteiger partial charge in [-0.15, -0.1) is 0 Å². The molecule has 34 heavy (non-hydrogen) atoms. The predicted molar refractivity (Wildman–Crippen MR) is 134 cm³/mol. The van der Waals surface area contributed by atoms with Crippen LogP contribution in [-0.4, -0.2) is 41.4 Å². The quantitative estimate of drug-likeness (QED) is 0.365. The molecule has 0 bridgehead atoms. The van der Waals surface area contributed by atoms with Gasteiger partial charge in [0.05, 0.1) is 11.3 Å². The molecule has 6 nitrogen and oxygen atoms in total. The minimum absolute atomic E-state index is 0.0273. The summed E-state index contributed by atoms with van der Waals surface area (Å²) in [6.07, 6.45) is 3.18. The average Bonchev–Trinajstić information content (AvgIpc) is 2.87. The summed E-state index contributed by atoms with van der Waals surface area (Å²) in [5.41, 5.74) is 3.52. The molecule has 3 aromatic rings. The van der Waals surface area contributed by atoms with Gasteiger partial charge in [0.1, 0.15) is 0 Å². The Hall–Kier alpha value is -3.51. The van der Waals surface area contributed by atoms with Crippen LogP contribution >= 0.6 is 0 Å². The minimum Gasteiger partial charge on any atom is -0.353 e. The van der Waals surface area contributed by atoms with Crippen LogP contribution in [0.2, 0.25) is 0 Å². The normalized spacial score (nSPS) is 14.7. The zero-order chi connectivity index (χ0) is 23.8. The standard InChI is InChI=1S/C28H31N3O3/c32-28(21-22-11-13-26(14-12-22)31(33)34)29-25-15-18-30(19-16-25)20-17-27(23-7-3-1-4-8-23)24-9-5-2-6-10-24/h1-14,25,27H,15-21H2,(H,29,32). The third-order valence-corrected chi connectivity index (χ3v) is 6.60. The Balaban J connectivity index is 1.24. The number of piperidine rings is 1. The number of nitrogens with zero attached hydrogens (tertiary/aromatic N) is 2. The van der Waals surface area contributed by atoms with E-state index in [1.165, 1.54) is 23.3 Å². The number of hydrogen-bond donors (Lipinski definition) is 1. The molecule has 6 heteroatoms. The summed E-state index contributed by atoms with van der Waals surface area (Å²) in [5, 5.41) is 13.9. The van der Waals surface area contributed by atoms with Crippen molar-refractivity contribution in [1.82, 2.24) is 10.2 Å². The lowest BCUT2D eigenvalue weighted by Crippen LogP contribution is -2.45. The maximum atomic E-state index is 12.5. The monoisotopic (exact) mass is 457 g/mol. The van der Waals surface area contributed by atoms with E-state index >= 15 is 0 Å². The van der Waals surface area contributed by atoms with Gasteiger partial charge in [-0.05, 0) is 42.5 Å². The lowest BCUT2D eigenvalue weighted by Gasteiger charge is -2.33. The van der Waals surface area contributed by atoms with Crippen LogP contribution in [0.4, 0.5) is 5.69 Å². The molecule has 1 N–H and O–H groups in total. The van der Waals surface area contributed by atoms with E-state index in [-0.39, 0.29) is 24.1 Å². The molecule has 176 valence electrons. The highest BCUT2D eigenvalue weighted by atomic mass is 16.6. The Labute approximate surface area is 200 Å². The van der Waals surface area contributed by atoms with Crippen molar-refractivity contribution < 1.29 is 9.72 Å².